The highest BCUT2D eigenvalue weighted by Crippen LogP contribution is 2.29. The largest absolute Gasteiger partial charge is 0.480 e. The van der Waals surface area contributed by atoms with Gasteiger partial charge in [0.05, 0.1) is 10.7 Å². The van der Waals surface area contributed by atoms with Crippen molar-refractivity contribution >= 4 is 17.3 Å². The number of nitrogens with two attached hydrogens (primary N) is 1. The predicted molar refractivity (Wildman–Crippen MR) is 66.2 cm³/mol. The summed E-state index contributed by atoms with van der Waals surface area (Å²) in [5.41, 5.74) is 6.02. The first kappa shape index (κ1) is 12.5. The number of likely N-dealkylation sites (N-methyl/N-ethyl adjacent to an activating group) is 1. The fourth-order valence-corrected chi connectivity index (χ4v) is 3.11. The zero-order chi connectivity index (χ0) is 12.4. The zero-order valence-corrected chi connectivity index (χ0v) is 10.6. The number of likely N-dealkylation sites (tertiary alicyclic amines) is 1. The highest BCUT2D eigenvalue weighted by Gasteiger charge is 2.24. The molecular weight excluding hydrogens is 238 g/mol. The summed E-state index contributed by atoms with van der Waals surface area (Å²) in [6, 6.07) is -0.999. The van der Waals surface area contributed by atoms with Gasteiger partial charge in [0.1, 0.15) is 6.04 Å². The first-order chi connectivity index (χ1) is 8.08. The lowest BCUT2D eigenvalue weighted by Crippen LogP contribution is -2.30. The number of aliphatic carboxylic acids is 1. The fourth-order valence-electron chi connectivity index (χ4n) is 2.13. The highest BCUT2D eigenvalue weighted by atomic mass is 32.1. The lowest BCUT2D eigenvalue weighted by Gasteiger charge is -2.28. The van der Waals surface area contributed by atoms with E-state index in [0.29, 0.717) is 11.6 Å². The number of carboxylic acid groups (broad SMARTS) is 1. The number of aromatic nitrogens is 1. The average molecular weight is 255 g/mol. The Balaban J connectivity index is 2.09. The minimum absolute atomic E-state index is 0.425. The molecule has 3 N–H and O–H groups in total. The van der Waals surface area contributed by atoms with Crippen molar-refractivity contribution in [2.45, 2.75) is 24.8 Å². The summed E-state index contributed by atoms with van der Waals surface area (Å²) in [4.78, 5) is 17.4. The summed E-state index contributed by atoms with van der Waals surface area (Å²) in [7, 11) is 2.10. The van der Waals surface area contributed by atoms with E-state index in [4.69, 9.17) is 10.8 Å². The maximum atomic E-state index is 10.8. The molecule has 1 aromatic heterocycles. The molecule has 0 radical (unpaired) electrons. The third kappa shape index (κ3) is 2.83. The Hall–Kier alpha value is -0.980. The number of nitrogens with zero attached hydrogens (tertiary/aromatic N) is 2. The van der Waals surface area contributed by atoms with Crippen LogP contribution in [0.5, 0.6) is 0 Å². The van der Waals surface area contributed by atoms with Gasteiger partial charge in [0.2, 0.25) is 0 Å². The molecule has 0 aliphatic carbocycles. The molecule has 2 unspecified atom stereocenters. The van der Waals surface area contributed by atoms with Gasteiger partial charge in [0.25, 0.3) is 0 Å². The number of carbonyl (C=O) groups is 1. The predicted octanol–water partition coefficient (Wildman–Crippen LogP) is 1.04. The van der Waals surface area contributed by atoms with Crippen molar-refractivity contribution < 1.29 is 9.90 Å². The second-order valence-electron chi connectivity index (χ2n) is 4.53. The van der Waals surface area contributed by atoms with Crippen LogP contribution in [0.2, 0.25) is 0 Å². The average Bonchev–Trinajstić information content (AvgIpc) is 2.77. The van der Waals surface area contributed by atoms with Gasteiger partial charge >= 0.3 is 5.97 Å². The van der Waals surface area contributed by atoms with Crippen molar-refractivity contribution in [2.24, 2.45) is 5.73 Å². The number of piperidine rings is 1. The third-order valence-electron chi connectivity index (χ3n) is 3.10. The van der Waals surface area contributed by atoms with Crippen LogP contribution in [-0.2, 0) is 4.79 Å². The Labute approximate surface area is 104 Å². The molecule has 0 saturated carbocycles. The van der Waals surface area contributed by atoms with E-state index in [9.17, 15) is 4.79 Å². The zero-order valence-electron chi connectivity index (χ0n) is 9.80. The highest BCUT2D eigenvalue weighted by molar-refractivity contribution is 7.09. The Bertz CT molecular complexity index is 407. The Morgan fingerprint density at radius 2 is 2.53 bits per heavy atom. The van der Waals surface area contributed by atoms with Crippen LogP contribution in [0.15, 0.2) is 5.38 Å². The van der Waals surface area contributed by atoms with E-state index in [1.807, 2.05) is 0 Å². The second-order valence-corrected chi connectivity index (χ2v) is 5.42. The molecule has 2 atom stereocenters. The first-order valence-corrected chi connectivity index (χ1v) is 6.58. The first-order valence-electron chi connectivity index (χ1n) is 5.70. The van der Waals surface area contributed by atoms with E-state index in [-0.39, 0.29) is 0 Å². The number of thiazole rings is 1. The topological polar surface area (TPSA) is 79.5 Å². The maximum Gasteiger partial charge on any atom is 0.326 e. The van der Waals surface area contributed by atoms with Crippen LogP contribution in [0.1, 0.15) is 35.5 Å². The van der Waals surface area contributed by atoms with Crippen molar-refractivity contribution in [2.75, 3.05) is 20.1 Å². The number of hydrogen-bond donors (Lipinski definition) is 2. The van der Waals surface area contributed by atoms with E-state index in [2.05, 4.69) is 16.9 Å². The van der Waals surface area contributed by atoms with Gasteiger partial charge in [-0.15, -0.1) is 11.3 Å². The summed E-state index contributed by atoms with van der Waals surface area (Å²) < 4.78 is 0. The molecule has 0 bridgehead atoms. The van der Waals surface area contributed by atoms with Gasteiger partial charge in [-0.1, -0.05) is 0 Å². The standard InChI is InChI=1S/C11H17N3O2S/c1-14-4-2-3-7(5-14)10-13-8(6-17-10)9(12)11(15)16/h6-7,9H,2-5,12H2,1H3,(H,15,16). The smallest absolute Gasteiger partial charge is 0.326 e. The van der Waals surface area contributed by atoms with Gasteiger partial charge in [-0.25, -0.2) is 4.98 Å². The molecule has 2 rings (SSSR count). The van der Waals surface area contributed by atoms with E-state index < -0.39 is 12.0 Å². The summed E-state index contributed by atoms with van der Waals surface area (Å²) in [6.07, 6.45) is 2.29. The van der Waals surface area contributed by atoms with Gasteiger partial charge in [-0.2, -0.15) is 0 Å². The molecule has 1 saturated heterocycles. The molecule has 17 heavy (non-hydrogen) atoms. The van der Waals surface area contributed by atoms with Crippen LogP contribution in [0, 0.1) is 0 Å². The Morgan fingerprint density at radius 1 is 1.76 bits per heavy atom. The van der Waals surface area contributed by atoms with Crippen molar-refractivity contribution in [3.05, 3.63) is 16.1 Å². The molecule has 94 valence electrons. The summed E-state index contributed by atoms with van der Waals surface area (Å²) in [5.74, 6) is -0.601. The van der Waals surface area contributed by atoms with E-state index in [1.54, 1.807) is 5.38 Å². The van der Waals surface area contributed by atoms with Gasteiger partial charge in [-0.05, 0) is 26.4 Å². The van der Waals surface area contributed by atoms with Crippen molar-refractivity contribution in [3.63, 3.8) is 0 Å². The molecule has 1 aliphatic heterocycles. The van der Waals surface area contributed by atoms with E-state index in [1.165, 1.54) is 17.8 Å². The van der Waals surface area contributed by atoms with Crippen LogP contribution in [-0.4, -0.2) is 41.1 Å². The van der Waals surface area contributed by atoms with Crippen molar-refractivity contribution in [3.8, 4) is 0 Å². The van der Waals surface area contributed by atoms with Crippen LogP contribution in [0.3, 0.4) is 0 Å². The third-order valence-corrected chi connectivity index (χ3v) is 4.12. The van der Waals surface area contributed by atoms with Crippen LogP contribution >= 0.6 is 11.3 Å². The van der Waals surface area contributed by atoms with Crippen LogP contribution in [0.25, 0.3) is 0 Å². The molecule has 2 heterocycles. The number of rotatable bonds is 3. The molecule has 0 amide bonds. The molecule has 6 heteroatoms. The Morgan fingerprint density at radius 3 is 3.18 bits per heavy atom. The van der Waals surface area contributed by atoms with Crippen molar-refractivity contribution in [1.29, 1.82) is 0 Å². The Kier molecular flexibility index (Phi) is 3.76. The van der Waals surface area contributed by atoms with Crippen molar-refractivity contribution in [1.82, 2.24) is 9.88 Å². The SMILES string of the molecule is CN1CCCC(c2nc(C(N)C(=O)O)cs2)C1. The summed E-state index contributed by atoms with van der Waals surface area (Å²) in [6.45, 7) is 2.12. The monoisotopic (exact) mass is 255 g/mol. The molecular formula is C11H17N3O2S. The van der Waals surface area contributed by atoms with Gasteiger partial charge in [0, 0.05) is 17.8 Å². The summed E-state index contributed by atoms with van der Waals surface area (Å²) in [5, 5.41) is 11.6. The molecule has 5 nitrogen and oxygen atoms in total. The minimum atomic E-state index is -1.03. The quantitative estimate of drug-likeness (QED) is 0.843. The molecule has 0 spiro atoms. The molecule has 1 aliphatic rings. The molecule has 1 aromatic rings. The van der Waals surface area contributed by atoms with Gasteiger partial charge in [-0.3, -0.25) is 4.79 Å². The fraction of sp³-hybridized carbons (Fsp3) is 0.636. The number of carboxylic acids is 1. The molecule has 0 aromatic carbocycles. The lowest BCUT2D eigenvalue weighted by atomic mass is 9.99. The van der Waals surface area contributed by atoms with E-state index in [0.717, 1.165) is 24.5 Å². The van der Waals surface area contributed by atoms with Gasteiger partial charge < -0.3 is 15.7 Å². The minimum Gasteiger partial charge on any atom is -0.480 e. The number of hydrogen-bond acceptors (Lipinski definition) is 5. The summed E-state index contributed by atoms with van der Waals surface area (Å²) >= 11 is 1.52. The second kappa shape index (κ2) is 5.12. The van der Waals surface area contributed by atoms with Crippen LogP contribution in [0.4, 0.5) is 0 Å². The van der Waals surface area contributed by atoms with Crippen LogP contribution < -0.4 is 5.73 Å². The van der Waals surface area contributed by atoms with E-state index >= 15 is 0 Å². The maximum absolute atomic E-state index is 10.8. The lowest BCUT2D eigenvalue weighted by molar-refractivity contribution is -0.138. The van der Waals surface area contributed by atoms with Gasteiger partial charge in [0.15, 0.2) is 0 Å². The molecule has 1 fully saturated rings. The normalized spacial score (nSPS) is 23.5.